The van der Waals surface area contributed by atoms with Crippen molar-refractivity contribution in [1.29, 1.82) is 0 Å². The minimum atomic E-state index is -3.14. The van der Waals surface area contributed by atoms with Gasteiger partial charge < -0.3 is 4.90 Å². The summed E-state index contributed by atoms with van der Waals surface area (Å²) in [5.41, 5.74) is 3.48. The Balaban J connectivity index is 1.23. The summed E-state index contributed by atoms with van der Waals surface area (Å²) in [4.78, 5) is 29.1. The van der Waals surface area contributed by atoms with Crippen molar-refractivity contribution in [3.05, 3.63) is 59.2 Å². The van der Waals surface area contributed by atoms with E-state index in [0.29, 0.717) is 36.7 Å². The third-order valence-corrected chi connectivity index (χ3v) is 10.8. The molecule has 1 amide bonds. The molecule has 0 spiro atoms. The van der Waals surface area contributed by atoms with Gasteiger partial charge in [-0.25, -0.2) is 22.7 Å². The molecule has 2 atom stereocenters. The molecule has 1 aromatic heterocycles. The zero-order chi connectivity index (χ0) is 28.7. The highest BCUT2D eigenvalue weighted by Crippen LogP contribution is 2.34. The van der Waals surface area contributed by atoms with Crippen LogP contribution in [0.25, 0.3) is 0 Å². The van der Waals surface area contributed by atoms with Crippen molar-refractivity contribution < 1.29 is 13.2 Å². The average Bonchev–Trinajstić information content (AvgIpc) is 2.87. The van der Waals surface area contributed by atoms with Crippen LogP contribution in [0.4, 0.5) is 0 Å². The minimum absolute atomic E-state index is 0.0447. The molecular formula is C30H44N6O3S. The second-order valence-corrected chi connectivity index (χ2v) is 14.3. The molecule has 3 aliphatic rings. The number of piperazine rings is 1. The smallest absolute Gasteiger partial charge is 0.257 e. The number of hydrogen-bond donors (Lipinski definition) is 0. The number of hydrogen-bond acceptors (Lipinski definition) is 7. The van der Waals surface area contributed by atoms with Crippen LogP contribution >= 0.6 is 0 Å². The van der Waals surface area contributed by atoms with Crippen molar-refractivity contribution >= 4 is 15.9 Å². The van der Waals surface area contributed by atoms with Gasteiger partial charge in [-0.15, -0.1) is 0 Å². The van der Waals surface area contributed by atoms with E-state index in [1.807, 2.05) is 24.8 Å². The first-order valence-corrected chi connectivity index (χ1v) is 16.4. The van der Waals surface area contributed by atoms with Gasteiger partial charge in [-0.1, -0.05) is 30.3 Å². The largest absolute Gasteiger partial charge is 0.338 e. The van der Waals surface area contributed by atoms with E-state index in [1.54, 1.807) is 4.31 Å². The summed E-state index contributed by atoms with van der Waals surface area (Å²) in [5.74, 6) is 0.380. The molecule has 3 fully saturated rings. The van der Waals surface area contributed by atoms with Crippen LogP contribution in [-0.4, -0.2) is 113 Å². The van der Waals surface area contributed by atoms with Gasteiger partial charge in [0, 0.05) is 69.4 Å². The van der Waals surface area contributed by atoms with Gasteiger partial charge in [0.05, 0.1) is 23.2 Å². The van der Waals surface area contributed by atoms with Crippen molar-refractivity contribution in [3.8, 4) is 0 Å². The van der Waals surface area contributed by atoms with Gasteiger partial charge in [-0.2, -0.15) is 0 Å². The molecule has 0 unspecified atom stereocenters. The standard InChI is InChI=1S/C30H44N6O3S/c1-22-18-34(30(4)11-13-33(14-12-30)29(37)28-23(2)31-21-32-24(28)3)15-16-36(22)27(17-25-9-7-6-8-10-25)26-19-35(20-26)40(5,38)39/h6-10,21-22,26-27H,11-20H2,1-5H3/t22-,27-/m0/s1. The summed E-state index contributed by atoms with van der Waals surface area (Å²) in [6.07, 6.45) is 5.65. The quantitative estimate of drug-likeness (QED) is 0.507. The van der Waals surface area contributed by atoms with Crippen molar-refractivity contribution in [2.24, 2.45) is 5.92 Å². The second-order valence-electron chi connectivity index (χ2n) is 12.3. The molecule has 5 rings (SSSR count). The molecule has 0 aliphatic carbocycles. The number of nitrogens with zero attached hydrogens (tertiary/aromatic N) is 6. The molecule has 2 aromatic rings. The van der Waals surface area contributed by atoms with Gasteiger partial charge in [0.25, 0.3) is 5.91 Å². The lowest BCUT2D eigenvalue weighted by atomic mass is 9.84. The van der Waals surface area contributed by atoms with Crippen LogP contribution in [0.3, 0.4) is 0 Å². The lowest BCUT2D eigenvalue weighted by molar-refractivity contribution is -0.0479. The fourth-order valence-corrected chi connectivity index (χ4v) is 7.84. The van der Waals surface area contributed by atoms with E-state index in [-0.39, 0.29) is 11.4 Å². The number of rotatable bonds is 7. The van der Waals surface area contributed by atoms with Crippen LogP contribution < -0.4 is 0 Å². The Kier molecular flexibility index (Phi) is 8.34. The molecule has 0 radical (unpaired) electrons. The summed E-state index contributed by atoms with van der Waals surface area (Å²) in [7, 11) is -3.14. The van der Waals surface area contributed by atoms with Crippen LogP contribution in [0.1, 0.15) is 54.0 Å². The predicted molar refractivity (Wildman–Crippen MR) is 157 cm³/mol. The lowest BCUT2D eigenvalue weighted by Crippen LogP contribution is -2.66. The van der Waals surface area contributed by atoms with E-state index in [2.05, 4.69) is 57.9 Å². The Labute approximate surface area is 239 Å². The Morgan fingerprint density at radius 1 is 1.00 bits per heavy atom. The molecule has 3 aliphatic heterocycles. The SMILES string of the molecule is Cc1ncnc(C)c1C(=O)N1CCC(C)(N2CCN([C@@H](Cc3ccccc3)C3CN(S(C)(=O)=O)C3)[C@@H](C)C2)CC1. The number of carbonyl (C=O) groups is 1. The maximum absolute atomic E-state index is 13.3. The number of aromatic nitrogens is 2. The average molecular weight is 569 g/mol. The molecule has 9 nitrogen and oxygen atoms in total. The molecule has 0 saturated carbocycles. The first-order valence-electron chi connectivity index (χ1n) is 14.5. The van der Waals surface area contributed by atoms with Gasteiger partial charge in [-0.05, 0) is 52.5 Å². The van der Waals surface area contributed by atoms with Crippen LogP contribution in [0.5, 0.6) is 0 Å². The zero-order valence-corrected chi connectivity index (χ0v) is 25.4. The molecule has 4 heterocycles. The maximum Gasteiger partial charge on any atom is 0.257 e. The molecule has 40 heavy (non-hydrogen) atoms. The summed E-state index contributed by atoms with van der Waals surface area (Å²) >= 11 is 0. The van der Waals surface area contributed by atoms with Crippen molar-refractivity contribution in [2.75, 3.05) is 52.1 Å². The molecule has 218 valence electrons. The monoisotopic (exact) mass is 568 g/mol. The van der Waals surface area contributed by atoms with E-state index < -0.39 is 10.0 Å². The number of carbonyl (C=O) groups excluding carboxylic acids is 1. The minimum Gasteiger partial charge on any atom is -0.338 e. The Morgan fingerprint density at radius 2 is 1.62 bits per heavy atom. The molecule has 0 bridgehead atoms. The first kappa shape index (κ1) is 29.1. The van der Waals surface area contributed by atoms with Gasteiger partial charge >= 0.3 is 0 Å². The van der Waals surface area contributed by atoms with E-state index in [1.165, 1.54) is 18.1 Å². The summed E-state index contributed by atoms with van der Waals surface area (Å²) < 4.78 is 25.8. The van der Waals surface area contributed by atoms with Gasteiger partial charge in [0.1, 0.15) is 6.33 Å². The molecule has 3 saturated heterocycles. The lowest BCUT2D eigenvalue weighted by Gasteiger charge is -2.55. The highest BCUT2D eigenvalue weighted by atomic mass is 32.2. The Bertz CT molecular complexity index is 1290. The van der Waals surface area contributed by atoms with Crippen LogP contribution in [0.15, 0.2) is 36.7 Å². The number of benzene rings is 1. The fourth-order valence-electron chi connectivity index (χ4n) is 6.92. The van der Waals surface area contributed by atoms with E-state index >= 15 is 0 Å². The first-order chi connectivity index (χ1) is 19.0. The van der Waals surface area contributed by atoms with Crippen LogP contribution in [-0.2, 0) is 16.4 Å². The van der Waals surface area contributed by atoms with Crippen molar-refractivity contribution in [1.82, 2.24) is 29.0 Å². The number of likely N-dealkylation sites (tertiary alicyclic amines) is 1. The van der Waals surface area contributed by atoms with E-state index in [0.717, 1.165) is 63.4 Å². The maximum atomic E-state index is 13.3. The van der Waals surface area contributed by atoms with Gasteiger partial charge in [-0.3, -0.25) is 14.6 Å². The van der Waals surface area contributed by atoms with Gasteiger partial charge in [0.15, 0.2) is 0 Å². The number of sulfonamides is 1. The molecule has 1 aromatic carbocycles. The molecule has 0 N–H and O–H groups in total. The number of amides is 1. The predicted octanol–water partition coefficient (Wildman–Crippen LogP) is 2.60. The summed E-state index contributed by atoms with van der Waals surface area (Å²) in [6, 6.07) is 11.3. The third-order valence-electron chi connectivity index (χ3n) is 9.61. The normalized spacial score (nSPS) is 24.0. The van der Waals surface area contributed by atoms with Crippen LogP contribution in [0, 0.1) is 19.8 Å². The number of piperidine rings is 1. The van der Waals surface area contributed by atoms with E-state index in [9.17, 15) is 13.2 Å². The second kappa shape index (κ2) is 11.5. The zero-order valence-electron chi connectivity index (χ0n) is 24.6. The van der Waals surface area contributed by atoms with Crippen LogP contribution in [0.2, 0.25) is 0 Å². The Hall–Kier alpha value is -2.40. The third kappa shape index (κ3) is 5.95. The molecular weight excluding hydrogens is 524 g/mol. The number of aryl methyl sites for hydroxylation is 2. The highest BCUT2D eigenvalue weighted by molar-refractivity contribution is 7.88. The van der Waals surface area contributed by atoms with Crippen molar-refractivity contribution in [3.63, 3.8) is 0 Å². The van der Waals surface area contributed by atoms with Crippen molar-refractivity contribution in [2.45, 2.75) is 64.6 Å². The summed E-state index contributed by atoms with van der Waals surface area (Å²) in [5, 5.41) is 0. The van der Waals surface area contributed by atoms with Gasteiger partial charge in [0.2, 0.25) is 10.0 Å². The topological polar surface area (TPSA) is 90.0 Å². The molecule has 10 heteroatoms. The summed E-state index contributed by atoms with van der Waals surface area (Å²) in [6.45, 7) is 14.0. The fraction of sp³-hybridized carbons (Fsp3) is 0.633. The Morgan fingerprint density at radius 3 is 2.20 bits per heavy atom. The highest BCUT2D eigenvalue weighted by Gasteiger charge is 2.45. The van der Waals surface area contributed by atoms with E-state index in [4.69, 9.17) is 0 Å².